The molecule has 0 radical (unpaired) electrons. The molecule has 0 spiro atoms. The second-order valence-corrected chi connectivity index (χ2v) is 5.38. The number of nitrogens with zero attached hydrogens (tertiary/aromatic N) is 6. The van der Waals surface area contributed by atoms with E-state index < -0.39 is 0 Å². The highest BCUT2D eigenvalue weighted by molar-refractivity contribution is 6.28. The number of halogens is 1. The number of aryl methyl sites for hydroxylation is 1. The number of hydrogen-bond donors (Lipinski definition) is 1. The van der Waals surface area contributed by atoms with Crippen LogP contribution in [0.2, 0.25) is 5.28 Å². The Balaban J connectivity index is 1.63. The lowest BCUT2D eigenvalue weighted by Gasteiger charge is -2.15. The van der Waals surface area contributed by atoms with Gasteiger partial charge in [-0.2, -0.15) is 20.1 Å². The molecule has 3 rings (SSSR count). The second-order valence-electron chi connectivity index (χ2n) is 5.05. The summed E-state index contributed by atoms with van der Waals surface area (Å²) in [6.07, 6.45) is 4.98. The molecule has 112 valence electrons. The van der Waals surface area contributed by atoms with Gasteiger partial charge in [-0.25, -0.2) is 0 Å². The molecule has 0 aliphatic carbocycles. The molecule has 1 aliphatic rings. The van der Waals surface area contributed by atoms with Gasteiger partial charge in [0.25, 0.3) is 0 Å². The van der Waals surface area contributed by atoms with Crippen molar-refractivity contribution < 1.29 is 0 Å². The van der Waals surface area contributed by atoms with Crippen LogP contribution in [0.15, 0.2) is 12.3 Å². The van der Waals surface area contributed by atoms with E-state index in [0.717, 1.165) is 31.7 Å². The summed E-state index contributed by atoms with van der Waals surface area (Å²) in [7, 11) is 1.93. The van der Waals surface area contributed by atoms with Gasteiger partial charge in [0.1, 0.15) is 0 Å². The average molecular weight is 308 g/mol. The summed E-state index contributed by atoms with van der Waals surface area (Å²) in [5.74, 6) is 1.19. The summed E-state index contributed by atoms with van der Waals surface area (Å²) in [6.45, 7) is 2.68. The molecular formula is C13H18ClN7. The second kappa shape index (κ2) is 6.26. The zero-order valence-corrected chi connectivity index (χ0v) is 12.7. The van der Waals surface area contributed by atoms with Crippen molar-refractivity contribution in [1.29, 1.82) is 0 Å². The topological polar surface area (TPSA) is 71.8 Å². The maximum Gasteiger partial charge on any atom is 0.231 e. The zero-order valence-electron chi connectivity index (χ0n) is 12.0. The van der Waals surface area contributed by atoms with Gasteiger partial charge in [-0.1, -0.05) is 0 Å². The fraction of sp³-hybridized carbons (Fsp3) is 0.538. The van der Waals surface area contributed by atoms with Gasteiger partial charge in [-0.3, -0.25) is 4.68 Å². The molecule has 8 heteroatoms. The van der Waals surface area contributed by atoms with Gasteiger partial charge in [0.05, 0.1) is 0 Å². The Kier molecular flexibility index (Phi) is 4.19. The van der Waals surface area contributed by atoms with Crippen LogP contribution in [-0.4, -0.2) is 44.4 Å². The smallest absolute Gasteiger partial charge is 0.231 e. The monoisotopic (exact) mass is 307 g/mol. The van der Waals surface area contributed by atoms with Crippen molar-refractivity contribution in [2.24, 2.45) is 7.05 Å². The Hall–Kier alpha value is -1.89. The SMILES string of the molecule is Cn1nccc1CCNc1nc(Cl)nc(N2CCCC2)n1. The first-order valence-corrected chi connectivity index (χ1v) is 7.47. The average Bonchev–Trinajstić information content (AvgIpc) is 3.10. The highest BCUT2D eigenvalue weighted by Gasteiger charge is 2.16. The highest BCUT2D eigenvalue weighted by Crippen LogP contribution is 2.18. The molecule has 0 saturated carbocycles. The first-order valence-electron chi connectivity index (χ1n) is 7.09. The Bertz CT molecular complexity index is 606. The van der Waals surface area contributed by atoms with Crippen LogP contribution in [0.4, 0.5) is 11.9 Å². The van der Waals surface area contributed by atoms with Crippen molar-refractivity contribution in [2.45, 2.75) is 19.3 Å². The Morgan fingerprint density at radius 3 is 2.76 bits per heavy atom. The van der Waals surface area contributed by atoms with E-state index in [0.29, 0.717) is 11.9 Å². The molecule has 0 bridgehead atoms. The molecule has 1 aliphatic heterocycles. The van der Waals surface area contributed by atoms with Gasteiger partial charge in [0.2, 0.25) is 17.2 Å². The summed E-state index contributed by atoms with van der Waals surface area (Å²) in [4.78, 5) is 14.9. The standard InChI is InChI=1S/C13H18ClN7/c1-20-10(5-7-16-20)4-6-15-12-17-11(14)18-13(19-12)21-8-2-3-9-21/h5,7H,2-4,6,8-9H2,1H3,(H,15,17,18,19). The van der Waals surface area contributed by atoms with Crippen LogP contribution in [0, 0.1) is 0 Å². The van der Waals surface area contributed by atoms with Gasteiger partial charge in [0, 0.05) is 45.0 Å². The zero-order chi connectivity index (χ0) is 14.7. The maximum atomic E-state index is 5.99. The molecule has 2 aromatic rings. The highest BCUT2D eigenvalue weighted by atomic mass is 35.5. The van der Waals surface area contributed by atoms with Gasteiger partial charge >= 0.3 is 0 Å². The molecule has 0 amide bonds. The number of aromatic nitrogens is 5. The van der Waals surface area contributed by atoms with Gasteiger partial charge in [-0.15, -0.1) is 0 Å². The fourth-order valence-corrected chi connectivity index (χ4v) is 2.58. The van der Waals surface area contributed by atoms with E-state index in [-0.39, 0.29) is 5.28 Å². The minimum Gasteiger partial charge on any atom is -0.354 e. The maximum absolute atomic E-state index is 5.99. The lowest BCUT2D eigenvalue weighted by Crippen LogP contribution is -2.22. The van der Waals surface area contributed by atoms with E-state index in [1.54, 1.807) is 6.20 Å². The van der Waals surface area contributed by atoms with Crippen LogP contribution in [0.3, 0.4) is 0 Å². The Morgan fingerprint density at radius 2 is 2.05 bits per heavy atom. The molecule has 1 fully saturated rings. The quantitative estimate of drug-likeness (QED) is 0.903. The minimum atomic E-state index is 0.231. The van der Waals surface area contributed by atoms with Crippen LogP contribution < -0.4 is 10.2 Å². The Morgan fingerprint density at radius 1 is 1.24 bits per heavy atom. The molecule has 1 saturated heterocycles. The summed E-state index contributed by atoms with van der Waals surface area (Å²) in [6, 6.07) is 2.00. The van der Waals surface area contributed by atoms with Crippen molar-refractivity contribution >= 4 is 23.5 Å². The third-order valence-corrected chi connectivity index (χ3v) is 3.74. The van der Waals surface area contributed by atoms with Crippen LogP contribution >= 0.6 is 11.6 Å². The molecule has 0 unspecified atom stereocenters. The third-order valence-electron chi connectivity index (χ3n) is 3.57. The predicted octanol–water partition coefficient (Wildman–Crippen LogP) is 1.51. The third kappa shape index (κ3) is 3.41. The van der Waals surface area contributed by atoms with E-state index in [9.17, 15) is 0 Å². The lowest BCUT2D eigenvalue weighted by molar-refractivity contribution is 0.710. The summed E-state index contributed by atoms with van der Waals surface area (Å²) < 4.78 is 1.86. The lowest BCUT2D eigenvalue weighted by atomic mass is 10.3. The van der Waals surface area contributed by atoms with E-state index >= 15 is 0 Å². The van der Waals surface area contributed by atoms with Crippen molar-refractivity contribution in [2.75, 3.05) is 29.9 Å². The first-order chi connectivity index (χ1) is 10.2. The van der Waals surface area contributed by atoms with Crippen molar-refractivity contribution in [3.63, 3.8) is 0 Å². The summed E-state index contributed by atoms with van der Waals surface area (Å²) >= 11 is 5.99. The predicted molar refractivity (Wildman–Crippen MR) is 81.7 cm³/mol. The van der Waals surface area contributed by atoms with Crippen LogP contribution in [0.5, 0.6) is 0 Å². The molecule has 1 N–H and O–H groups in total. The molecule has 3 heterocycles. The molecule has 21 heavy (non-hydrogen) atoms. The van der Waals surface area contributed by atoms with E-state index in [2.05, 4.69) is 30.3 Å². The molecule has 7 nitrogen and oxygen atoms in total. The fourth-order valence-electron chi connectivity index (χ4n) is 2.43. The molecular weight excluding hydrogens is 290 g/mol. The Labute approximate surface area is 128 Å². The normalized spacial score (nSPS) is 14.7. The largest absolute Gasteiger partial charge is 0.354 e. The number of anilines is 2. The van der Waals surface area contributed by atoms with Crippen LogP contribution in [-0.2, 0) is 13.5 Å². The number of hydrogen-bond acceptors (Lipinski definition) is 6. The van der Waals surface area contributed by atoms with Crippen LogP contribution in [0.1, 0.15) is 18.5 Å². The van der Waals surface area contributed by atoms with E-state index in [1.165, 1.54) is 12.8 Å². The van der Waals surface area contributed by atoms with E-state index in [4.69, 9.17) is 11.6 Å². The van der Waals surface area contributed by atoms with Crippen molar-refractivity contribution in [3.8, 4) is 0 Å². The van der Waals surface area contributed by atoms with Gasteiger partial charge < -0.3 is 10.2 Å². The van der Waals surface area contributed by atoms with Crippen molar-refractivity contribution in [3.05, 3.63) is 23.2 Å². The summed E-state index contributed by atoms with van der Waals surface area (Å²) in [5, 5.41) is 7.57. The van der Waals surface area contributed by atoms with Crippen LogP contribution in [0.25, 0.3) is 0 Å². The molecule has 0 atom stereocenters. The van der Waals surface area contributed by atoms with Crippen molar-refractivity contribution in [1.82, 2.24) is 24.7 Å². The van der Waals surface area contributed by atoms with Gasteiger partial charge in [0.15, 0.2) is 0 Å². The first kappa shape index (κ1) is 14.1. The summed E-state index contributed by atoms with van der Waals surface area (Å²) in [5.41, 5.74) is 1.16. The molecule has 2 aromatic heterocycles. The molecule has 0 aromatic carbocycles. The van der Waals surface area contributed by atoms with E-state index in [1.807, 2.05) is 17.8 Å². The number of nitrogens with one attached hydrogen (secondary N) is 1. The van der Waals surface area contributed by atoms with Gasteiger partial charge in [-0.05, 0) is 30.5 Å². The number of rotatable bonds is 5. The minimum absolute atomic E-state index is 0.231.